The van der Waals surface area contributed by atoms with Gasteiger partial charge < -0.3 is 24.7 Å². The van der Waals surface area contributed by atoms with E-state index >= 15 is 0 Å². The molecular formula is C18H32N4O2. The first-order valence-electron chi connectivity index (χ1n) is 9.08. The lowest BCUT2D eigenvalue weighted by Crippen LogP contribution is -2.40. The average molecular weight is 336 g/mol. The van der Waals surface area contributed by atoms with Crippen LogP contribution in [0.25, 0.3) is 0 Å². The zero-order valence-electron chi connectivity index (χ0n) is 15.1. The van der Waals surface area contributed by atoms with Crippen molar-refractivity contribution >= 4 is 5.96 Å². The highest BCUT2D eigenvalue weighted by Gasteiger charge is 2.21. The molecule has 136 valence electrons. The topological polar surface area (TPSA) is 62.0 Å². The van der Waals surface area contributed by atoms with Gasteiger partial charge in [0.1, 0.15) is 12.4 Å². The van der Waals surface area contributed by atoms with Crippen LogP contribution in [0.3, 0.4) is 0 Å². The average Bonchev–Trinajstić information content (AvgIpc) is 3.26. The molecular weight excluding hydrogens is 304 g/mol. The number of hydrogen-bond donors (Lipinski definition) is 2. The normalized spacial score (nSPS) is 18.9. The van der Waals surface area contributed by atoms with Crippen LogP contribution in [0.4, 0.5) is 0 Å². The van der Waals surface area contributed by atoms with Crippen molar-refractivity contribution in [3.63, 3.8) is 0 Å². The Balaban J connectivity index is 1.50. The van der Waals surface area contributed by atoms with Crippen LogP contribution >= 0.6 is 0 Å². The molecule has 1 unspecified atom stereocenters. The fourth-order valence-electron chi connectivity index (χ4n) is 3.01. The highest BCUT2D eigenvalue weighted by Crippen LogP contribution is 2.15. The number of furan rings is 1. The molecule has 1 aromatic heterocycles. The van der Waals surface area contributed by atoms with Crippen LogP contribution < -0.4 is 10.6 Å². The second kappa shape index (κ2) is 11.1. The molecule has 1 fully saturated rings. The van der Waals surface area contributed by atoms with Crippen LogP contribution in [0, 0.1) is 5.92 Å². The summed E-state index contributed by atoms with van der Waals surface area (Å²) in [5.41, 5.74) is 0. The van der Waals surface area contributed by atoms with Gasteiger partial charge in [0.05, 0.1) is 6.26 Å². The first kappa shape index (κ1) is 18.8. The van der Waals surface area contributed by atoms with Crippen molar-refractivity contribution in [1.82, 2.24) is 15.5 Å². The summed E-state index contributed by atoms with van der Waals surface area (Å²) in [7, 11) is 1.82. The van der Waals surface area contributed by atoms with Crippen molar-refractivity contribution in [2.24, 2.45) is 10.9 Å². The SMILES string of the molecule is CCCN1CCC(CNC(=NC)NCCCOCc2ccco2)C1. The zero-order valence-corrected chi connectivity index (χ0v) is 15.1. The maximum Gasteiger partial charge on any atom is 0.190 e. The van der Waals surface area contributed by atoms with Gasteiger partial charge in [-0.1, -0.05) is 6.92 Å². The Labute approximate surface area is 145 Å². The zero-order chi connectivity index (χ0) is 17.0. The molecule has 0 amide bonds. The summed E-state index contributed by atoms with van der Waals surface area (Å²) in [6.45, 7) is 9.00. The fraction of sp³-hybridized carbons (Fsp3) is 0.722. The number of aliphatic imine (C=N–C) groups is 1. The fourth-order valence-corrected chi connectivity index (χ4v) is 3.01. The van der Waals surface area contributed by atoms with Gasteiger partial charge in [-0.3, -0.25) is 4.99 Å². The van der Waals surface area contributed by atoms with Crippen molar-refractivity contribution in [3.05, 3.63) is 24.2 Å². The number of nitrogens with one attached hydrogen (secondary N) is 2. The van der Waals surface area contributed by atoms with Gasteiger partial charge in [-0.2, -0.15) is 0 Å². The Morgan fingerprint density at radius 1 is 1.46 bits per heavy atom. The molecule has 24 heavy (non-hydrogen) atoms. The third-order valence-corrected chi connectivity index (χ3v) is 4.27. The summed E-state index contributed by atoms with van der Waals surface area (Å²) in [6.07, 6.45) is 5.13. The molecule has 0 saturated carbocycles. The first-order chi connectivity index (χ1) is 11.8. The monoisotopic (exact) mass is 336 g/mol. The second-order valence-electron chi connectivity index (χ2n) is 6.32. The molecule has 6 heteroatoms. The maximum atomic E-state index is 5.57. The van der Waals surface area contributed by atoms with E-state index in [-0.39, 0.29) is 0 Å². The molecule has 6 nitrogen and oxygen atoms in total. The van der Waals surface area contributed by atoms with Crippen molar-refractivity contribution in [3.8, 4) is 0 Å². The molecule has 0 spiro atoms. The molecule has 0 aliphatic carbocycles. The lowest BCUT2D eigenvalue weighted by molar-refractivity contribution is 0.105. The summed E-state index contributed by atoms with van der Waals surface area (Å²) in [4.78, 5) is 6.84. The minimum atomic E-state index is 0.538. The molecule has 1 aliphatic heterocycles. The standard InChI is InChI=1S/C18H32N4O2/c1-3-9-22-10-7-16(14-22)13-21-18(19-2)20-8-5-11-23-15-17-6-4-12-24-17/h4,6,12,16H,3,5,7-11,13-15H2,1-2H3,(H2,19,20,21). The van der Waals surface area contributed by atoms with E-state index in [0.29, 0.717) is 13.2 Å². The Morgan fingerprint density at radius 3 is 3.12 bits per heavy atom. The van der Waals surface area contributed by atoms with Crippen LogP contribution in [-0.4, -0.2) is 57.2 Å². The Morgan fingerprint density at radius 2 is 2.38 bits per heavy atom. The van der Waals surface area contributed by atoms with Crippen molar-refractivity contribution < 1.29 is 9.15 Å². The van der Waals surface area contributed by atoms with Gasteiger partial charge in [0.25, 0.3) is 0 Å². The van der Waals surface area contributed by atoms with Gasteiger partial charge in [-0.25, -0.2) is 0 Å². The molecule has 0 aromatic carbocycles. The van der Waals surface area contributed by atoms with Gasteiger partial charge in [0.15, 0.2) is 5.96 Å². The van der Waals surface area contributed by atoms with E-state index in [9.17, 15) is 0 Å². The van der Waals surface area contributed by atoms with Crippen LogP contribution in [-0.2, 0) is 11.3 Å². The van der Waals surface area contributed by atoms with Crippen LogP contribution in [0.5, 0.6) is 0 Å². The number of hydrogen-bond acceptors (Lipinski definition) is 4. The van der Waals surface area contributed by atoms with Crippen molar-refractivity contribution in [2.45, 2.75) is 32.8 Å². The minimum absolute atomic E-state index is 0.538. The largest absolute Gasteiger partial charge is 0.467 e. The third-order valence-electron chi connectivity index (χ3n) is 4.27. The Hall–Kier alpha value is -1.53. The van der Waals surface area contributed by atoms with Gasteiger partial charge >= 0.3 is 0 Å². The van der Waals surface area contributed by atoms with E-state index in [2.05, 4.69) is 27.4 Å². The molecule has 2 heterocycles. The van der Waals surface area contributed by atoms with Crippen molar-refractivity contribution in [1.29, 1.82) is 0 Å². The van der Waals surface area contributed by atoms with E-state index in [1.54, 1.807) is 6.26 Å². The molecule has 2 N–H and O–H groups in total. The molecule has 2 rings (SSSR count). The first-order valence-corrected chi connectivity index (χ1v) is 9.08. The van der Waals surface area contributed by atoms with Crippen LogP contribution in [0.15, 0.2) is 27.8 Å². The quantitative estimate of drug-likeness (QED) is 0.389. The second-order valence-corrected chi connectivity index (χ2v) is 6.32. The molecule has 1 aromatic rings. The van der Waals surface area contributed by atoms with Gasteiger partial charge in [-0.15, -0.1) is 0 Å². The Kier molecular flexibility index (Phi) is 8.70. The van der Waals surface area contributed by atoms with Gasteiger partial charge in [0, 0.05) is 33.3 Å². The van der Waals surface area contributed by atoms with Crippen LogP contribution in [0.2, 0.25) is 0 Å². The van der Waals surface area contributed by atoms with E-state index in [4.69, 9.17) is 9.15 Å². The molecule has 1 aliphatic rings. The molecule has 0 radical (unpaired) electrons. The summed E-state index contributed by atoms with van der Waals surface area (Å²) >= 11 is 0. The van der Waals surface area contributed by atoms with E-state index < -0.39 is 0 Å². The van der Waals surface area contributed by atoms with E-state index in [1.165, 1.54) is 32.5 Å². The molecule has 1 atom stereocenters. The summed E-state index contributed by atoms with van der Waals surface area (Å²) < 4.78 is 10.8. The number of nitrogens with zero attached hydrogens (tertiary/aromatic N) is 2. The summed E-state index contributed by atoms with van der Waals surface area (Å²) in [5, 5.41) is 6.79. The predicted molar refractivity (Wildman–Crippen MR) is 97.2 cm³/mol. The number of ether oxygens (including phenoxy) is 1. The smallest absolute Gasteiger partial charge is 0.190 e. The summed E-state index contributed by atoms with van der Waals surface area (Å²) in [5.74, 6) is 2.48. The van der Waals surface area contributed by atoms with Crippen molar-refractivity contribution in [2.75, 3.05) is 46.4 Å². The van der Waals surface area contributed by atoms with Gasteiger partial charge in [0.2, 0.25) is 0 Å². The van der Waals surface area contributed by atoms with E-state index in [0.717, 1.165) is 37.1 Å². The molecule has 0 bridgehead atoms. The number of likely N-dealkylation sites (tertiary alicyclic amines) is 1. The van der Waals surface area contributed by atoms with Gasteiger partial charge in [-0.05, 0) is 50.4 Å². The highest BCUT2D eigenvalue weighted by molar-refractivity contribution is 5.79. The van der Waals surface area contributed by atoms with E-state index in [1.807, 2.05) is 19.2 Å². The lowest BCUT2D eigenvalue weighted by atomic mass is 10.1. The molecule has 1 saturated heterocycles. The Bertz CT molecular complexity index is 462. The predicted octanol–water partition coefficient (Wildman–Crippen LogP) is 2.08. The third kappa shape index (κ3) is 6.93. The number of guanidine groups is 1. The lowest BCUT2D eigenvalue weighted by Gasteiger charge is -2.17. The highest BCUT2D eigenvalue weighted by atomic mass is 16.5. The van der Waals surface area contributed by atoms with Crippen LogP contribution in [0.1, 0.15) is 31.9 Å². The number of rotatable bonds is 10. The summed E-state index contributed by atoms with van der Waals surface area (Å²) in [6, 6.07) is 3.80. The minimum Gasteiger partial charge on any atom is -0.467 e. The maximum absolute atomic E-state index is 5.57.